The molecule has 0 saturated carbocycles. The van der Waals surface area contributed by atoms with Crippen LogP contribution in [0.5, 0.6) is 0 Å². The lowest BCUT2D eigenvalue weighted by atomic mass is 9.93. The van der Waals surface area contributed by atoms with Crippen LogP contribution in [-0.4, -0.2) is 29.3 Å². The topological polar surface area (TPSA) is 58.6 Å². The molecule has 1 aliphatic heterocycles. The second kappa shape index (κ2) is 5.17. The minimum Gasteiger partial charge on any atom is -0.478 e. The van der Waals surface area contributed by atoms with E-state index < -0.39 is 11.8 Å². The molecule has 1 unspecified atom stereocenters. The van der Waals surface area contributed by atoms with E-state index in [1.807, 2.05) is 13.8 Å². The van der Waals surface area contributed by atoms with E-state index in [9.17, 15) is 9.18 Å². The van der Waals surface area contributed by atoms with Crippen LogP contribution in [0.15, 0.2) is 18.2 Å². The van der Waals surface area contributed by atoms with Crippen molar-refractivity contribution in [3.05, 3.63) is 29.6 Å². The lowest BCUT2D eigenvalue weighted by Crippen LogP contribution is -2.40. The Balaban J connectivity index is 2.17. The molecule has 1 fully saturated rings. The Kier molecular flexibility index (Phi) is 3.75. The lowest BCUT2D eigenvalue weighted by Gasteiger charge is -2.36. The average Bonchev–Trinajstić information content (AvgIpc) is 2.30. The van der Waals surface area contributed by atoms with E-state index in [1.165, 1.54) is 12.1 Å². The minimum absolute atomic E-state index is 0.0377. The fourth-order valence-electron chi connectivity index (χ4n) is 2.39. The Labute approximate surface area is 111 Å². The van der Waals surface area contributed by atoms with Crippen molar-refractivity contribution in [3.63, 3.8) is 0 Å². The predicted octanol–water partition coefficient (Wildman–Crippen LogP) is 2.89. The lowest BCUT2D eigenvalue weighted by molar-refractivity contribution is -0.0553. The number of benzene rings is 1. The highest BCUT2D eigenvalue weighted by atomic mass is 19.1. The van der Waals surface area contributed by atoms with E-state index in [2.05, 4.69) is 5.32 Å². The molecule has 1 aromatic carbocycles. The maximum Gasteiger partial charge on any atom is 0.337 e. The van der Waals surface area contributed by atoms with Gasteiger partial charge in [0, 0.05) is 18.3 Å². The molecule has 0 aromatic heterocycles. The standard InChI is InChI=1S/C14H18FNO3/c1-14(2)8-10(5-6-19-14)16-12-4-3-9(15)7-11(12)13(17)18/h3-4,7,10,16H,5-6,8H2,1-2H3,(H,17,18). The summed E-state index contributed by atoms with van der Waals surface area (Å²) >= 11 is 0. The Hall–Kier alpha value is -1.62. The number of hydrogen-bond acceptors (Lipinski definition) is 3. The van der Waals surface area contributed by atoms with Crippen molar-refractivity contribution >= 4 is 11.7 Å². The van der Waals surface area contributed by atoms with Gasteiger partial charge >= 0.3 is 5.97 Å². The highest BCUT2D eigenvalue weighted by molar-refractivity contribution is 5.94. The van der Waals surface area contributed by atoms with Crippen molar-refractivity contribution in [3.8, 4) is 0 Å². The molecule has 0 aliphatic carbocycles. The zero-order valence-electron chi connectivity index (χ0n) is 11.1. The summed E-state index contributed by atoms with van der Waals surface area (Å²) < 4.78 is 18.7. The molecule has 104 valence electrons. The molecule has 0 spiro atoms. The molecule has 4 nitrogen and oxygen atoms in total. The van der Waals surface area contributed by atoms with Crippen molar-refractivity contribution < 1.29 is 19.0 Å². The molecule has 5 heteroatoms. The average molecular weight is 267 g/mol. The van der Waals surface area contributed by atoms with Gasteiger partial charge in [-0.05, 0) is 44.9 Å². The fraction of sp³-hybridized carbons (Fsp3) is 0.500. The maximum atomic E-state index is 13.1. The molecule has 1 aromatic rings. The largest absolute Gasteiger partial charge is 0.478 e. The van der Waals surface area contributed by atoms with Gasteiger partial charge in [0.15, 0.2) is 0 Å². The third-order valence-corrected chi connectivity index (χ3v) is 3.27. The molecule has 1 heterocycles. The zero-order valence-corrected chi connectivity index (χ0v) is 11.1. The molecule has 1 saturated heterocycles. The van der Waals surface area contributed by atoms with Crippen molar-refractivity contribution in [2.45, 2.75) is 38.3 Å². The number of hydrogen-bond donors (Lipinski definition) is 2. The van der Waals surface area contributed by atoms with Gasteiger partial charge in [-0.1, -0.05) is 0 Å². The molecule has 2 rings (SSSR count). The summed E-state index contributed by atoms with van der Waals surface area (Å²) in [6.45, 7) is 4.64. The maximum absolute atomic E-state index is 13.1. The monoisotopic (exact) mass is 267 g/mol. The van der Waals surface area contributed by atoms with Crippen LogP contribution < -0.4 is 5.32 Å². The van der Waals surface area contributed by atoms with E-state index in [0.717, 1.165) is 18.9 Å². The molecular weight excluding hydrogens is 249 g/mol. The van der Waals surface area contributed by atoms with Crippen LogP contribution in [0.25, 0.3) is 0 Å². The van der Waals surface area contributed by atoms with Crippen LogP contribution in [0.4, 0.5) is 10.1 Å². The fourth-order valence-corrected chi connectivity index (χ4v) is 2.39. The van der Waals surface area contributed by atoms with Gasteiger partial charge in [-0.3, -0.25) is 0 Å². The molecule has 0 amide bonds. The molecular formula is C14H18FNO3. The highest BCUT2D eigenvalue weighted by Gasteiger charge is 2.29. The smallest absolute Gasteiger partial charge is 0.337 e. The third kappa shape index (κ3) is 3.44. The van der Waals surface area contributed by atoms with Gasteiger partial charge in [-0.2, -0.15) is 0 Å². The van der Waals surface area contributed by atoms with Crippen LogP contribution in [0.3, 0.4) is 0 Å². The minimum atomic E-state index is -1.13. The number of nitrogens with one attached hydrogen (secondary N) is 1. The quantitative estimate of drug-likeness (QED) is 0.884. The predicted molar refractivity (Wildman–Crippen MR) is 70.0 cm³/mol. The van der Waals surface area contributed by atoms with Crippen LogP contribution in [-0.2, 0) is 4.74 Å². The first-order valence-electron chi connectivity index (χ1n) is 6.31. The Bertz CT molecular complexity index is 488. The van der Waals surface area contributed by atoms with Gasteiger partial charge in [0.1, 0.15) is 5.82 Å². The highest BCUT2D eigenvalue weighted by Crippen LogP contribution is 2.27. The van der Waals surface area contributed by atoms with E-state index in [0.29, 0.717) is 12.3 Å². The van der Waals surface area contributed by atoms with Crippen LogP contribution in [0, 0.1) is 5.82 Å². The summed E-state index contributed by atoms with van der Waals surface area (Å²) in [5.74, 6) is -1.68. The number of halogens is 1. The first kappa shape index (κ1) is 13.8. The summed E-state index contributed by atoms with van der Waals surface area (Å²) in [7, 11) is 0. The molecule has 0 radical (unpaired) electrons. The number of carboxylic acids is 1. The van der Waals surface area contributed by atoms with Crippen molar-refractivity contribution in [2.75, 3.05) is 11.9 Å². The van der Waals surface area contributed by atoms with Gasteiger partial charge in [0.05, 0.1) is 11.2 Å². The number of anilines is 1. The van der Waals surface area contributed by atoms with Gasteiger partial charge in [0.2, 0.25) is 0 Å². The van der Waals surface area contributed by atoms with Gasteiger partial charge in [-0.25, -0.2) is 9.18 Å². The molecule has 19 heavy (non-hydrogen) atoms. The van der Waals surface area contributed by atoms with E-state index in [4.69, 9.17) is 9.84 Å². The van der Waals surface area contributed by atoms with Gasteiger partial charge in [-0.15, -0.1) is 0 Å². The van der Waals surface area contributed by atoms with Crippen molar-refractivity contribution in [1.82, 2.24) is 0 Å². The number of rotatable bonds is 3. The van der Waals surface area contributed by atoms with Gasteiger partial charge in [0.25, 0.3) is 0 Å². The van der Waals surface area contributed by atoms with Crippen LogP contribution in [0.1, 0.15) is 37.0 Å². The molecule has 0 bridgehead atoms. The van der Waals surface area contributed by atoms with Crippen molar-refractivity contribution in [1.29, 1.82) is 0 Å². The van der Waals surface area contributed by atoms with Crippen molar-refractivity contribution in [2.24, 2.45) is 0 Å². The number of ether oxygens (including phenoxy) is 1. The van der Waals surface area contributed by atoms with Crippen LogP contribution >= 0.6 is 0 Å². The first-order chi connectivity index (χ1) is 8.87. The third-order valence-electron chi connectivity index (χ3n) is 3.27. The van der Waals surface area contributed by atoms with E-state index >= 15 is 0 Å². The Morgan fingerprint density at radius 1 is 1.53 bits per heavy atom. The van der Waals surface area contributed by atoms with E-state index in [-0.39, 0.29) is 17.2 Å². The Morgan fingerprint density at radius 3 is 2.89 bits per heavy atom. The number of carbonyl (C=O) groups is 1. The zero-order chi connectivity index (χ0) is 14.0. The summed E-state index contributed by atoms with van der Waals surface area (Å²) in [5.41, 5.74) is 0.195. The summed E-state index contributed by atoms with van der Waals surface area (Å²) in [6.07, 6.45) is 1.59. The Morgan fingerprint density at radius 2 is 2.26 bits per heavy atom. The normalized spacial score (nSPS) is 21.9. The van der Waals surface area contributed by atoms with E-state index in [1.54, 1.807) is 0 Å². The number of aromatic carboxylic acids is 1. The summed E-state index contributed by atoms with van der Waals surface area (Å²) in [6, 6.07) is 3.91. The first-order valence-corrected chi connectivity index (χ1v) is 6.31. The summed E-state index contributed by atoms with van der Waals surface area (Å²) in [5, 5.41) is 12.3. The molecule has 1 aliphatic rings. The summed E-state index contributed by atoms with van der Waals surface area (Å²) in [4.78, 5) is 11.1. The van der Waals surface area contributed by atoms with Crippen LogP contribution in [0.2, 0.25) is 0 Å². The molecule has 1 atom stereocenters. The molecule has 2 N–H and O–H groups in total. The second-order valence-electron chi connectivity index (χ2n) is 5.44. The van der Waals surface area contributed by atoms with Gasteiger partial charge < -0.3 is 15.2 Å². The number of carboxylic acid groups (broad SMARTS) is 1. The second-order valence-corrected chi connectivity index (χ2v) is 5.44. The SMILES string of the molecule is CC1(C)CC(Nc2ccc(F)cc2C(=O)O)CCO1.